The summed E-state index contributed by atoms with van der Waals surface area (Å²) in [6, 6.07) is 19.9. The molecule has 0 aliphatic carbocycles. The smallest absolute Gasteiger partial charge is 0.00990 e. The van der Waals surface area contributed by atoms with Gasteiger partial charge in [0.25, 0.3) is 0 Å². The first-order chi connectivity index (χ1) is 7.88. The van der Waals surface area contributed by atoms with Gasteiger partial charge < -0.3 is 0 Å². The molecule has 0 atom stereocenters. The van der Waals surface area contributed by atoms with Gasteiger partial charge in [-0.15, -0.1) is 0 Å². The molecule has 0 nitrogen and oxygen atoms in total. The van der Waals surface area contributed by atoms with Crippen molar-refractivity contribution in [2.24, 2.45) is 0 Å². The summed E-state index contributed by atoms with van der Waals surface area (Å²) < 4.78 is 0. The molecule has 0 heterocycles. The molecule has 3 aromatic carbocycles. The van der Waals surface area contributed by atoms with Crippen molar-refractivity contribution in [3.63, 3.8) is 0 Å². The van der Waals surface area contributed by atoms with Gasteiger partial charge in [-0.3, -0.25) is 0 Å². The lowest BCUT2D eigenvalue weighted by molar-refractivity contribution is 1.72. The van der Waals surface area contributed by atoms with E-state index in [1.165, 1.54) is 21.5 Å². The van der Waals surface area contributed by atoms with Crippen molar-refractivity contribution in [3.8, 4) is 0 Å². The number of hydrogen-bond donors (Lipinski definition) is 0. The fourth-order valence-electron chi connectivity index (χ4n) is 2.08. The van der Waals surface area contributed by atoms with Crippen molar-refractivity contribution in [2.45, 2.75) is 0 Å². The Bertz CT molecular complexity index is 678. The maximum absolute atomic E-state index is 3.81. The van der Waals surface area contributed by atoms with E-state index in [9.17, 15) is 0 Å². The minimum atomic E-state index is 1.16. The molecule has 16 heavy (non-hydrogen) atoms. The highest BCUT2D eigenvalue weighted by Gasteiger charge is 1.99. The van der Waals surface area contributed by atoms with Crippen LogP contribution in [0.5, 0.6) is 0 Å². The van der Waals surface area contributed by atoms with Crippen LogP contribution in [0, 0.1) is 6.07 Å². The first-order valence-electron chi connectivity index (χ1n) is 5.33. The zero-order valence-corrected chi connectivity index (χ0v) is 8.90. The van der Waals surface area contributed by atoms with E-state index in [1.54, 1.807) is 0 Å². The third-order valence-corrected chi connectivity index (χ3v) is 2.94. The quantitative estimate of drug-likeness (QED) is 0.513. The Morgan fingerprint density at radius 1 is 0.938 bits per heavy atom. The second-order valence-corrected chi connectivity index (χ2v) is 3.90. The summed E-state index contributed by atoms with van der Waals surface area (Å²) in [7, 11) is 0. The highest BCUT2D eigenvalue weighted by molar-refractivity contribution is 6.07. The van der Waals surface area contributed by atoms with E-state index in [-0.39, 0.29) is 0 Å². The highest BCUT2D eigenvalue weighted by Crippen LogP contribution is 2.26. The molecule has 0 unspecified atom stereocenters. The van der Waals surface area contributed by atoms with E-state index >= 15 is 0 Å². The van der Waals surface area contributed by atoms with E-state index in [0.717, 1.165) is 5.56 Å². The van der Waals surface area contributed by atoms with E-state index in [2.05, 4.69) is 49.0 Å². The second kappa shape index (κ2) is 3.49. The molecular formula is C16H11. The fraction of sp³-hybridized carbons (Fsp3) is 0. The number of hydrogen-bond acceptors (Lipinski definition) is 0. The van der Waals surface area contributed by atoms with Crippen LogP contribution in [0.4, 0.5) is 0 Å². The predicted octanol–water partition coefficient (Wildman–Crippen LogP) is 4.44. The Labute approximate surface area is 94.8 Å². The molecule has 0 aliphatic rings. The molecule has 3 rings (SSSR count). The summed E-state index contributed by atoms with van der Waals surface area (Å²) in [4.78, 5) is 0. The molecule has 0 saturated carbocycles. The molecule has 0 saturated heterocycles. The van der Waals surface area contributed by atoms with Gasteiger partial charge in [-0.05, 0) is 45.3 Å². The highest BCUT2D eigenvalue weighted by atomic mass is 14.0. The van der Waals surface area contributed by atoms with Gasteiger partial charge in [-0.25, -0.2) is 0 Å². The van der Waals surface area contributed by atoms with Crippen LogP contribution in [0.3, 0.4) is 0 Å². The molecule has 0 aromatic heterocycles. The average molecular weight is 203 g/mol. The standard InChI is InChI=1S/C16H11/c1-2-12-7-8-14-10-9-13-5-3-4-6-15(13)16(14)11-12/h2-3,5-11H,1H2. The van der Waals surface area contributed by atoms with Crippen LogP contribution in [0.1, 0.15) is 5.56 Å². The minimum absolute atomic E-state index is 1.16. The summed E-state index contributed by atoms with van der Waals surface area (Å²) in [5, 5.41) is 5.04. The Hall–Kier alpha value is -2.08. The van der Waals surface area contributed by atoms with Crippen molar-refractivity contribution < 1.29 is 0 Å². The second-order valence-electron chi connectivity index (χ2n) is 3.90. The van der Waals surface area contributed by atoms with Crippen LogP contribution in [-0.4, -0.2) is 0 Å². The topological polar surface area (TPSA) is 0 Å². The van der Waals surface area contributed by atoms with Crippen LogP contribution in [0.25, 0.3) is 27.6 Å². The van der Waals surface area contributed by atoms with Crippen molar-refractivity contribution in [2.75, 3.05) is 0 Å². The molecule has 0 spiro atoms. The first kappa shape index (κ1) is 9.17. The maximum Gasteiger partial charge on any atom is -0.00990 e. The van der Waals surface area contributed by atoms with Crippen LogP contribution in [0.15, 0.2) is 55.1 Å². The number of rotatable bonds is 1. The van der Waals surface area contributed by atoms with Gasteiger partial charge >= 0.3 is 0 Å². The zero-order valence-electron chi connectivity index (χ0n) is 8.90. The summed E-state index contributed by atoms with van der Waals surface area (Å²) in [5.74, 6) is 0. The molecular weight excluding hydrogens is 192 g/mol. The SMILES string of the molecule is C=Cc1ccc2ccc3cc[c]cc3c2c1. The van der Waals surface area contributed by atoms with Gasteiger partial charge in [-0.2, -0.15) is 0 Å². The lowest BCUT2D eigenvalue weighted by Crippen LogP contribution is -1.79. The Balaban J connectivity index is 2.52. The lowest BCUT2D eigenvalue weighted by atomic mass is 10.0. The van der Waals surface area contributed by atoms with Gasteiger partial charge in [0.05, 0.1) is 0 Å². The summed E-state index contributed by atoms with van der Waals surface area (Å²) >= 11 is 0. The van der Waals surface area contributed by atoms with Crippen LogP contribution >= 0.6 is 0 Å². The summed E-state index contributed by atoms with van der Waals surface area (Å²) in [6.45, 7) is 3.81. The molecule has 0 aliphatic heterocycles. The molecule has 0 bridgehead atoms. The zero-order chi connectivity index (χ0) is 11.0. The van der Waals surface area contributed by atoms with Crippen molar-refractivity contribution in [1.82, 2.24) is 0 Å². The fourth-order valence-corrected chi connectivity index (χ4v) is 2.08. The predicted molar refractivity (Wildman–Crippen MR) is 70.4 cm³/mol. The van der Waals surface area contributed by atoms with Crippen molar-refractivity contribution in [3.05, 3.63) is 66.7 Å². The molecule has 1 radical (unpaired) electrons. The van der Waals surface area contributed by atoms with E-state index in [4.69, 9.17) is 0 Å². The van der Waals surface area contributed by atoms with Crippen molar-refractivity contribution in [1.29, 1.82) is 0 Å². The molecule has 3 aromatic rings. The largest absolute Gasteiger partial charge is 0.0985 e. The lowest BCUT2D eigenvalue weighted by Gasteiger charge is -2.04. The van der Waals surface area contributed by atoms with E-state index in [0.29, 0.717) is 0 Å². The Morgan fingerprint density at radius 2 is 1.69 bits per heavy atom. The molecule has 0 heteroatoms. The normalized spacial score (nSPS) is 10.8. The van der Waals surface area contributed by atoms with Gasteiger partial charge in [0.2, 0.25) is 0 Å². The number of fused-ring (bicyclic) bond motifs is 3. The maximum atomic E-state index is 3.81. The van der Waals surface area contributed by atoms with E-state index in [1.807, 2.05) is 18.2 Å². The third-order valence-electron chi connectivity index (χ3n) is 2.94. The molecule has 0 fully saturated rings. The molecule has 0 amide bonds. The third kappa shape index (κ3) is 1.31. The first-order valence-corrected chi connectivity index (χ1v) is 5.33. The van der Waals surface area contributed by atoms with Gasteiger partial charge in [-0.1, -0.05) is 49.1 Å². The Kier molecular flexibility index (Phi) is 2.00. The molecule has 75 valence electrons. The Morgan fingerprint density at radius 3 is 2.50 bits per heavy atom. The average Bonchev–Trinajstić information content (AvgIpc) is 2.38. The number of benzene rings is 3. The molecule has 0 N–H and O–H groups in total. The summed E-state index contributed by atoms with van der Waals surface area (Å²) in [5.41, 5.74) is 1.16. The van der Waals surface area contributed by atoms with Gasteiger partial charge in [0.15, 0.2) is 0 Å². The van der Waals surface area contributed by atoms with E-state index < -0.39 is 0 Å². The van der Waals surface area contributed by atoms with Crippen LogP contribution in [0.2, 0.25) is 0 Å². The van der Waals surface area contributed by atoms with Gasteiger partial charge in [0, 0.05) is 0 Å². The van der Waals surface area contributed by atoms with Crippen molar-refractivity contribution >= 4 is 27.6 Å². The minimum Gasteiger partial charge on any atom is -0.0985 e. The summed E-state index contributed by atoms with van der Waals surface area (Å²) in [6.07, 6.45) is 1.88. The van der Waals surface area contributed by atoms with Crippen LogP contribution < -0.4 is 0 Å². The van der Waals surface area contributed by atoms with Gasteiger partial charge in [0.1, 0.15) is 0 Å². The van der Waals surface area contributed by atoms with Crippen LogP contribution in [-0.2, 0) is 0 Å². The monoisotopic (exact) mass is 203 g/mol.